The number of hydrogen-bond acceptors (Lipinski definition) is 12. The Morgan fingerprint density at radius 2 is 1.05 bits per heavy atom. The third kappa shape index (κ3) is 18.9. The maximum Gasteiger partial charge on any atom is 0.407 e. The van der Waals surface area contributed by atoms with Crippen LogP contribution < -0.4 is 26.6 Å². The van der Waals surface area contributed by atoms with E-state index in [1.54, 1.807) is 74.4 Å². The van der Waals surface area contributed by atoms with E-state index in [9.17, 15) is 38.4 Å². The van der Waals surface area contributed by atoms with Gasteiger partial charge in [-0.25, -0.2) is 9.59 Å². The van der Waals surface area contributed by atoms with Crippen molar-refractivity contribution in [1.29, 1.82) is 0 Å². The fourth-order valence-corrected chi connectivity index (χ4v) is 8.97. The van der Waals surface area contributed by atoms with Crippen molar-refractivity contribution >= 4 is 47.6 Å². The van der Waals surface area contributed by atoms with Crippen molar-refractivity contribution in [2.24, 2.45) is 11.3 Å². The molecule has 5 amide bonds. The van der Waals surface area contributed by atoms with Gasteiger partial charge in [-0.3, -0.25) is 28.8 Å². The molecule has 5 N–H and O–H groups in total. The molecule has 1 aliphatic carbocycles. The quantitative estimate of drug-likeness (QED) is 0.0351. The van der Waals surface area contributed by atoms with E-state index in [1.165, 1.54) is 0 Å². The van der Waals surface area contributed by atoms with E-state index >= 15 is 0 Å². The van der Waals surface area contributed by atoms with E-state index < -0.39 is 101 Å². The summed E-state index contributed by atoms with van der Waals surface area (Å²) in [6.07, 6.45) is -2.26. The molecule has 0 aliphatic heterocycles. The van der Waals surface area contributed by atoms with Gasteiger partial charge in [-0.2, -0.15) is 0 Å². The van der Waals surface area contributed by atoms with Crippen molar-refractivity contribution in [3.05, 3.63) is 131 Å². The third-order valence-corrected chi connectivity index (χ3v) is 12.7. The van der Waals surface area contributed by atoms with Crippen LogP contribution in [-0.2, 0) is 65.5 Å². The summed E-state index contributed by atoms with van der Waals surface area (Å²) in [6.45, 7) is 20.7. The van der Waals surface area contributed by atoms with Gasteiger partial charge in [0.25, 0.3) is 0 Å². The zero-order valence-corrected chi connectivity index (χ0v) is 47.2. The van der Waals surface area contributed by atoms with Crippen LogP contribution in [0.15, 0.2) is 103 Å². The monoisotopic (exact) mass is 1070 g/mol. The Bertz CT molecular complexity index is 2710. The van der Waals surface area contributed by atoms with Gasteiger partial charge in [-0.1, -0.05) is 138 Å². The van der Waals surface area contributed by atoms with Gasteiger partial charge in [0.1, 0.15) is 54.6 Å². The molecule has 0 radical (unpaired) electrons. The number of aryl methyl sites for hydroxylation is 1. The average Bonchev–Trinajstić information content (AvgIpc) is 3.77. The highest BCUT2D eigenvalue weighted by Crippen LogP contribution is 2.44. The zero-order chi connectivity index (χ0) is 57.5. The molecule has 0 bridgehead atoms. The Labute approximate surface area is 459 Å². The Kier molecular flexibility index (Phi) is 21.3. The summed E-state index contributed by atoms with van der Waals surface area (Å²) >= 11 is 0. The van der Waals surface area contributed by atoms with Gasteiger partial charge in [0.05, 0.1) is 6.42 Å². The highest BCUT2D eigenvalue weighted by atomic mass is 16.6. The first-order valence-corrected chi connectivity index (χ1v) is 26.6. The normalized spacial score (nSPS) is 14.2. The van der Waals surface area contributed by atoms with Crippen LogP contribution in [0.25, 0.3) is 11.1 Å². The van der Waals surface area contributed by atoms with Gasteiger partial charge in [0, 0.05) is 18.8 Å². The minimum atomic E-state index is -1.65. The number of carbonyl (C=O) groups is 8. The van der Waals surface area contributed by atoms with Gasteiger partial charge in [-0.05, 0) is 112 Å². The maximum absolute atomic E-state index is 14.8. The first-order valence-electron chi connectivity index (χ1n) is 26.6. The SMILES string of the molecule is Cc1ccccc1C[C@H](NC(=O)[C@H](CCC(=O)OC(C)(C)C)NC(=O)[C@H](CC(=O)OC(C)(C)C)NC(=O)OCC1c2ccccc2-c2ccccc21)C(=O)N[C@H](C(=O)N[C@@H](CC(C)C)C(=O)OCc1ccccc1)C(C)(C)C. The van der Waals surface area contributed by atoms with Crippen LogP contribution in [0.1, 0.15) is 136 Å². The van der Waals surface area contributed by atoms with Crippen LogP contribution in [-0.4, -0.2) is 95.6 Å². The lowest BCUT2D eigenvalue weighted by Crippen LogP contribution is -2.61. The number of amides is 5. The van der Waals surface area contributed by atoms with Crippen molar-refractivity contribution in [3.8, 4) is 11.1 Å². The van der Waals surface area contributed by atoms with Crippen LogP contribution in [0.2, 0.25) is 0 Å². The average molecular weight is 1070 g/mol. The summed E-state index contributed by atoms with van der Waals surface area (Å²) in [5.74, 6) is -5.88. The molecular weight excluding hydrogens is 995 g/mol. The highest BCUT2D eigenvalue weighted by Gasteiger charge is 2.39. The van der Waals surface area contributed by atoms with E-state index in [2.05, 4.69) is 26.6 Å². The van der Waals surface area contributed by atoms with Crippen molar-refractivity contribution < 1.29 is 57.3 Å². The van der Waals surface area contributed by atoms with Gasteiger partial charge < -0.3 is 45.5 Å². The van der Waals surface area contributed by atoms with E-state index in [-0.39, 0.29) is 50.7 Å². The summed E-state index contributed by atoms with van der Waals surface area (Å²) in [4.78, 5) is 112. The topological polar surface area (TPSA) is 234 Å². The molecule has 78 heavy (non-hydrogen) atoms. The van der Waals surface area contributed by atoms with Crippen molar-refractivity contribution in [3.63, 3.8) is 0 Å². The predicted molar refractivity (Wildman–Crippen MR) is 295 cm³/mol. The fourth-order valence-electron chi connectivity index (χ4n) is 8.97. The van der Waals surface area contributed by atoms with Crippen LogP contribution in [0.5, 0.6) is 0 Å². The molecule has 420 valence electrons. The van der Waals surface area contributed by atoms with E-state index in [0.29, 0.717) is 5.56 Å². The molecule has 0 unspecified atom stereocenters. The van der Waals surface area contributed by atoms with Gasteiger partial charge in [0.15, 0.2) is 0 Å². The molecule has 17 heteroatoms. The Balaban J connectivity index is 1.42. The Morgan fingerprint density at radius 1 is 0.538 bits per heavy atom. The molecule has 0 spiro atoms. The number of benzene rings is 4. The van der Waals surface area contributed by atoms with Crippen LogP contribution in [0.4, 0.5) is 4.79 Å². The lowest BCUT2D eigenvalue weighted by Gasteiger charge is -2.33. The molecule has 0 heterocycles. The minimum Gasteiger partial charge on any atom is -0.460 e. The summed E-state index contributed by atoms with van der Waals surface area (Å²) in [5, 5.41) is 13.6. The molecule has 0 saturated carbocycles. The number of esters is 3. The molecular formula is C61H79N5O12. The molecule has 0 fully saturated rings. The molecule has 0 saturated heterocycles. The predicted octanol–water partition coefficient (Wildman–Crippen LogP) is 8.07. The minimum absolute atomic E-state index is 0.0113. The largest absolute Gasteiger partial charge is 0.460 e. The summed E-state index contributed by atoms with van der Waals surface area (Å²) in [7, 11) is 0. The first kappa shape index (κ1) is 61.3. The number of alkyl carbamates (subject to hydrolysis) is 1. The number of ether oxygens (including phenoxy) is 4. The first-order chi connectivity index (χ1) is 36.6. The van der Waals surface area contributed by atoms with Gasteiger partial charge in [-0.15, -0.1) is 0 Å². The number of nitrogens with one attached hydrogen (secondary N) is 5. The third-order valence-electron chi connectivity index (χ3n) is 12.7. The van der Waals surface area contributed by atoms with Crippen LogP contribution >= 0.6 is 0 Å². The van der Waals surface area contributed by atoms with Crippen LogP contribution in [0, 0.1) is 18.3 Å². The summed E-state index contributed by atoms with van der Waals surface area (Å²) in [5.41, 5.74) is 3.32. The Hall–Kier alpha value is -7.56. The lowest BCUT2D eigenvalue weighted by atomic mass is 9.85. The van der Waals surface area contributed by atoms with E-state index in [1.807, 2.05) is 112 Å². The Morgan fingerprint density at radius 3 is 1.63 bits per heavy atom. The second kappa shape index (κ2) is 27.2. The zero-order valence-electron chi connectivity index (χ0n) is 47.2. The number of hydrogen-bond donors (Lipinski definition) is 5. The number of fused-ring (bicyclic) bond motifs is 3. The number of carbonyl (C=O) groups excluding carboxylic acids is 8. The molecule has 4 aromatic carbocycles. The van der Waals surface area contributed by atoms with Gasteiger partial charge in [0.2, 0.25) is 23.6 Å². The fraction of sp³-hybridized carbons (Fsp3) is 0.475. The molecule has 4 aromatic rings. The number of rotatable bonds is 23. The van der Waals surface area contributed by atoms with E-state index in [0.717, 1.165) is 33.4 Å². The second-order valence-electron chi connectivity index (χ2n) is 23.3. The second-order valence-corrected chi connectivity index (χ2v) is 23.3. The molecule has 5 atom stereocenters. The van der Waals surface area contributed by atoms with Crippen molar-refractivity contribution in [2.45, 2.75) is 169 Å². The van der Waals surface area contributed by atoms with Crippen molar-refractivity contribution in [1.82, 2.24) is 26.6 Å². The summed E-state index contributed by atoms with van der Waals surface area (Å²) < 4.78 is 22.5. The van der Waals surface area contributed by atoms with E-state index in [4.69, 9.17) is 18.9 Å². The lowest BCUT2D eigenvalue weighted by molar-refractivity contribution is -0.156. The molecule has 1 aliphatic rings. The molecule has 17 nitrogen and oxygen atoms in total. The van der Waals surface area contributed by atoms with Crippen molar-refractivity contribution in [2.75, 3.05) is 6.61 Å². The standard InChI is InChI=1S/C61H79N5O12/c1-37(2)32-49(57(73)75-35-39-23-14-13-15-24-39)64-56(72)52(59(4,5)6)66-55(71)47(33-40-25-17-16-22-38(40)3)63-53(69)46(30-31-50(67)77-60(7,8)9)62-54(70)48(34-51(68)78-61(10,11)12)65-58(74)76-36-45-43-28-20-18-26-41(43)42-27-19-21-29-44(42)45/h13-29,37,45-49,52H,30-36H2,1-12H3,(H,62,70)(H,63,69)(H,64,72)(H,65,74)(H,66,71)/t46-,47-,48-,49-,52+/m0/s1. The summed E-state index contributed by atoms with van der Waals surface area (Å²) in [6, 6.07) is 24.9. The molecule has 5 rings (SSSR count). The van der Waals surface area contributed by atoms with Gasteiger partial charge >= 0.3 is 24.0 Å². The van der Waals surface area contributed by atoms with Crippen LogP contribution in [0.3, 0.4) is 0 Å². The maximum atomic E-state index is 14.8. The smallest absolute Gasteiger partial charge is 0.407 e. The molecule has 0 aromatic heterocycles. The highest BCUT2D eigenvalue weighted by molar-refractivity contribution is 5.97.